The summed E-state index contributed by atoms with van der Waals surface area (Å²) in [6, 6.07) is 0. The van der Waals surface area contributed by atoms with E-state index in [0.29, 0.717) is 5.25 Å². The number of amides is 1. The van der Waals surface area contributed by atoms with Crippen LogP contribution >= 0.6 is 11.8 Å². The number of rotatable bonds is 3. The van der Waals surface area contributed by atoms with E-state index in [1.807, 2.05) is 44.4 Å². The van der Waals surface area contributed by atoms with Crippen LogP contribution in [0.25, 0.3) is 0 Å². The number of hydrogen-bond donors (Lipinski definition) is 1. The Balaban J connectivity index is 2.76. The van der Waals surface area contributed by atoms with Crippen LogP contribution in [0.1, 0.15) is 41.0 Å². The second-order valence-electron chi connectivity index (χ2n) is 6.00. The minimum atomic E-state index is -0.507. The zero-order chi connectivity index (χ0) is 13.3. The van der Waals surface area contributed by atoms with Crippen LogP contribution in [0.3, 0.4) is 0 Å². The Hall–Kier alpha value is -0.220. The number of carbonyl (C=O) groups is 1. The molecular formula is C13H26N2OS. The van der Waals surface area contributed by atoms with Crippen LogP contribution in [-0.4, -0.2) is 40.4 Å². The molecule has 1 saturated heterocycles. The summed E-state index contributed by atoms with van der Waals surface area (Å²) in [6.45, 7) is 11.7. The van der Waals surface area contributed by atoms with Gasteiger partial charge in [-0.3, -0.25) is 4.79 Å². The van der Waals surface area contributed by atoms with E-state index in [4.69, 9.17) is 5.73 Å². The van der Waals surface area contributed by atoms with Crippen molar-refractivity contribution in [3.63, 3.8) is 0 Å². The smallest absolute Gasteiger partial charge is 0.230 e. The molecule has 2 N–H and O–H groups in total. The molecule has 1 aliphatic heterocycles. The molecule has 0 spiro atoms. The van der Waals surface area contributed by atoms with Crippen LogP contribution in [0.2, 0.25) is 0 Å². The fraction of sp³-hybridized carbons (Fsp3) is 0.923. The second-order valence-corrected chi connectivity index (χ2v) is 7.41. The van der Waals surface area contributed by atoms with Gasteiger partial charge in [-0.05, 0) is 34.1 Å². The summed E-state index contributed by atoms with van der Waals surface area (Å²) in [6.07, 6.45) is 1.13. The molecule has 1 unspecified atom stereocenters. The number of nitrogens with two attached hydrogens (primary N) is 1. The molecule has 0 aromatic heterocycles. The minimum absolute atomic E-state index is 0.198. The molecule has 0 saturated carbocycles. The lowest BCUT2D eigenvalue weighted by atomic mass is 9.74. The van der Waals surface area contributed by atoms with Gasteiger partial charge in [0.15, 0.2) is 0 Å². The molecule has 17 heavy (non-hydrogen) atoms. The molecule has 1 amide bonds. The van der Waals surface area contributed by atoms with Gasteiger partial charge in [-0.2, -0.15) is 11.8 Å². The molecule has 1 heterocycles. The zero-order valence-electron chi connectivity index (χ0n) is 11.7. The van der Waals surface area contributed by atoms with E-state index in [1.54, 1.807) is 0 Å². The van der Waals surface area contributed by atoms with Gasteiger partial charge in [-0.15, -0.1) is 0 Å². The van der Waals surface area contributed by atoms with Crippen molar-refractivity contribution in [3.05, 3.63) is 0 Å². The molecule has 3 nitrogen and oxygen atoms in total. The van der Waals surface area contributed by atoms with Crippen molar-refractivity contribution in [1.82, 2.24) is 4.90 Å². The molecule has 0 aromatic rings. The SMILES string of the molecule is CCC1CN(C(=O)C(C)(C)C(C)(C)N)CCS1. The summed E-state index contributed by atoms with van der Waals surface area (Å²) in [5.41, 5.74) is 5.14. The standard InChI is InChI=1S/C13H26N2OS/c1-6-10-9-15(7-8-17-10)11(16)12(2,3)13(4,5)14/h10H,6-9,14H2,1-5H3. The highest BCUT2D eigenvalue weighted by atomic mass is 32.2. The van der Waals surface area contributed by atoms with Crippen molar-refractivity contribution in [1.29, 1.82) is 0 Å². The van der Waals surface area contributed by atoms with Gasteiger partial charge < -0.3 is 10.6 Å². The minimum Gasteiger partial charge on any atom is -0.340 e. The second kappa shape index (κ2) is 5.19. The molecule has 1 rings (SSSR count). The van der Waals surface area contributed by atoms with E-state index in [2.05, 4.69) is 6.92 Å². The van der Waals surface area contributed by atoms with Crippen LogP contribution in [-0.2, 0) is 4.79 Å². The molecule has 1 aliphatic rings. The topological polar surface area (TPSA) is 46.3 Å². The van der Waals surface area contributed by atoms with E-state index in [9.17, 15) is 4.79 Å². The van der Waals surface area contributed by atoms with Crippen molar-refractivity contribution in [2.24, 2.45) is 11.1 Å². The first kappa shape index (κ1) is 14.8. The third kappa shape index (κ3) is 3.16. The molecule has 4 heteroatoms. The third-order valence-electron chi connectivity index (χ3n) is 4.03. The third-order valence-corrected chi connectivity index (χ3v) is 5.40. The average molecular weight is 258 g/mol. The molecular weight excluding hydrogens is 232 g/mol. The van der Waals surface area contributed by atoms with Crippen LogP contribution in [0.15, 0.2) is 0 Å². The number of hydrogen-bond acceptors (Lipinski definition) is 3. The Labute approximate surface area is 109 Å². The highest BCUT2D eigenvalue weighted by molar-refractivity contribution is 8.00. The van der Waals surface area contributed by atoms with Crippen LogP contribution < -0.4 is 5.73 Å². The predicted octanol–water partition coefficient (Wildman–Crippen LogP) is 2.10. The fourth-order valence-electron chi connectivity index (χ4n) is 1.82. The lowest BCUT2D eigenvalue weighted by molar-refractivity contribution is -0.143. The maximum Gasteiger partial charge on any atom is 0.230 e. The van der Waals surface area contributed by atoms with Gasteiger partial charge in [-0.1, -0.05) is 6.92 Å². The van der Waals surface area contributed by atoms with Crippen LogP contribution in [0.4, 0.5) is 0 Å². The van der Waals surface area contributed by atoms with Crippen molar-refractivity contribution >= 4 is 17.7 Å². The summed E-state index contributed by atoms with van der Waals surface area (Å²) in [5.74, 6) is 1.24. The highest BCUT2D eigenvalue weighted by Gasteiger charge is 2.43. The summed E-state index contributed by atoms with van der Waals surface area (Å²) < 4.78 is 0. The van der Waals surface area contributed by atoms with Gasteiger partial charge in [0, 0.05) is 29.6 Å². The van der Waals surface area contributed by atoms with Gasteiger partial charge in [0.05, 0.1) is 5.41 Å². The summed E-state index contributed by atoms with van der Waals surface area (Å²) in [7, 11) is 0. The van der Waals surface area contributed by atoms with E-state index in [-0.39, 0.29) is 5.91 Å². The highest BCUT2D eigenvalue weighted by Crippen LogP contribution is 2.32. The van der Waals surface area contributed by atoms with E-state index in [0.717, 1.165) is 25.3 Å². The maximum atomic E-state index is 12.6. The van der Waals surface area contributed by atoms with Crippen LogP contribution in [0, 0.1) is 5.41 Å². The average Bonchev–Trinajstić information content (AvgIpc) is 2.26. The molecule has 0 radical (unpaired) electrons. The van der Waals surface area contributed by atoms with E-state index in [1.165, 1.54) is 0 Å². The molecule has 100 valence electrons. The summed E-state index contributed by atoms with van der Waals surface area (Å²) >= 11 is 1.98. The molecule has 1 atom stereocenters. The first-order chi connectivity index (χ1) is 7.70. The number of carbonyl (C=O) groups excluding carboxylic acids is 1. The first-order valence-corrected chi connectivity index (χ1v) is 7.45. The number of nitrogens with zero attached hydrogens (tertiary/aromatic N) is 1. The van der Waals surface area contributed by atoms with Gasteiger partial charge in [-0.25, -0.2) is 0 Å². The Kier molecular flexibility index (Phi) is 4.53. The molecule has 0 aromatic carbocycles. The molecule has 0 bridgehead atoms. The van der Waals surface area contributed by atoms with E-state index >= 15 is 0 Å². The predicted molar refractivity (Wildman–Crippen MR) is 75.2 cm³/mol. The normalized spacial score (nSPS) is 22.7. The molecule has 1 fully saturated rings. The first-order valence-electron chi connectivity index (χ1n) is 6.40. The largest absolute Gasteiger partial charge is 0.340 e. The lowest BCUT2D eigenvalue weighted by Gasteiger charge is -2.43. The van der Waals surface area contributed by atoms with Gasteiger partial charge in [0.25, 0.3) is 0 Å². The number of thioether (sulfide) groups is 1. The van der Waals surface area contributed by atoms with Crippen molar-refractivity contribution in [2.75, 3.05) is 18.8 Å². The Morgan fingerprint density at radius 3 is 2.47 bits per heavy atom. The van der Waals surface area contributed by atoms with Gasteiger partial charge >= 0.3 is 0 Å². The quantitative estimate of drug-likeness (QED) is 0.843. The fourth-order valence-corrected chi connectivity index (χ4v) is 3.00. The van der Waals surface area contributed by atoms with Crippen molar-refractivity contribution in [3.8, 4) is 0 Å². The molecule has 0 aliphatic carbocycles. The van der Waals surface area contributed by atoms with Crippen molar-refractivity contribution < 1.29 is 4.79 Å². The van der Waals surface area contributed by atoms with Gasteiger partial charge in [0.1, 0.15) is 0 Å². The zero-order valence-corrected chi connectivity index (χ0v) is 12.6. The summed E-state index contributed by atoms with van der Waals surface area (Å²) in [4.78, 5) is 14.6. The summed E-state index contributed by atoms with van der Waals surface area (Å²) in [5, 5.41) is 0.587. The van der Waals surface area contributed by atoms with E-state index < -0.39 is 11.0 Å². The van der Waals surface area contributed by atoms with Crippen molar-refractivity contribution in [2.45, 2.75) is 51.8 Å². The Morgan fingerprint density at radius 1 is 1.41 bits per heavy atom. The monoisotopic (exact) mass is 258 g/mol. The Bertz CT molecular complexity index is 284. The lowest BCUT2D eigenvalue weighted by Crippen LogP contribution is -2.58. The Morgan fingerprint density at radius 2 is 2.00 bits per heavy atom. The maximum absolute atomic E-state index is 12.6. The van der Waals surface area contributed by atoms with Gasteiger partial charge in [0.2, 0.25) is 5.91 Å². The van der Waals surface area contributed by atoms with Crippen LogP contribution in [0.5, 0.6) is 0 Å².